The molecular weight excluding hydrogens is 532 g/mol. The van der Waals surface area contributed by atoms with Crippen molar-refractivity contribution >= 4 is 41.7 Å². The molecule has 0 N–H and O–H groups in total. The Hall–Kier alpha value is -3.30. The van der Waals surface area contributed by atoms with Crippen LogP contribution in [0.15, 0.2) is 55.1 Å². The van der Waals surface area contributed by atoms with Crippen molar-refractivity contribution in [2.45, 2.75) is 51.2 Å². The van der Waals surface area contributed by atoms with E-state index >= 15 is 0 Å². The average molecular weight is 575 g/mol. The van der Waals surface area contributed by atoms with Gasteiger partial charge in [0.15, 0.2) is 0 Å². The van der Waals surface area contributed by atoms with E-state index in [1.54, 1.807) is 0 Å². The second kappa shape index (κ2) is 11.9. The molecule has 2 saturated heterocycles. The van der Waals surface area contributed by atoms with Gasteiger partial charge in [0.2, 0.25) is 5.91 Å². The van der Waals surface area contributed by atoms with E-state index in [-0.39, 0.29) is 24.9 Å². The van der Waals surface area contributed by atoms with Crippen LogP contribution in [0.3, 0.4) is 0 Å². The Balaban J connectivity index is 0.00000337. The lowest BCUT2D eigenvalue weighted by Gasteiger charge is -2.48. The molecule has 1 aromatic heterocycles. The van der Waals surface area contributed by atoms with Crippen LogP contribution in [0, 0.1) is 0 Å². The number of likely N-dealkylation sites (tertiary alicyclic amines) is 1. The van der Waals surface area contributed by atoms with Crippen molar-refractivity contribution in [1.82, 2.24) is 19.8 Å². The third kappa shape index (κ3) is 5.75. The lowest BCUT2D eigenvalue weighted by atomic mass is 9.96. The zero-order valence-corrected chi connectivity index (χ0v) is 25.5. The number of hydrogen-bond donors (Lipinski definition) is 0. The molecule has 0 aliphatic carbocycles. The summed E-state index contributed by atoms with van der Waals surface area (Å²) in [7, 11) is 2.16. The van der Waals surface area contributed by atoms with Gasteiger partial charge in [-0.25, -0.2) is 0 Å². The Labute approximate surface area is 250 Å². The van der Waals surface area contributed by atoms with Crippen LogP contribution in [-0.4, -0.2) is 83.6 Å². The van der Waals surface area contributed by atoms with Crippen LogP contribution < -0.4 is 14.5 Å². The standard InChI is InChI=1S/C32H40N6O2.H2S/c1-5-29(39)37-18-19-38(32(2,3)22-37)30-26-15-17-36(28-14-8-11-23-10-6-7-13-25(23)28)20-27(26)33-31(34-30)40-21-24-12-9-16-35(24)4;/h5-8,10-11,13-14,24H,1,9,12,15-22H2,2-4H3;1H2/t24-;/m0./s1. The monoisotopic (exact) mass is 574 g/mol. The van der Waals surface area contributed by atoms with E-state index in [2.05, 4.69) is 84.6 Å². The van der Waals surface area contributed by atoms with E-state index in [9.17, 15) is 4.79 Å². The Kier molecular flexibility index (Phi) is 8.47. The number of aromatic nitrogens is 2. The summed E-state index contributed by atoms with van der Waals surface area (Å²) in [4.78, 5) is 31.5. The number of hydrogen-bond acceptors (Lipinski definition) is 7. The van der Waals surface area contributed by atoms with Crippen molar-refractivity contribution in [1.29, 1.82) is 0 Å². The predicted molar refractivity (Wildman–Crippen MR) is 170 cm³/mol. The fourth-order valence-corrected chi connectivity index (χ4v) is 6.59. The van der Waals surface area contributed by atoms with E-state index < -0.39 is 0 Å². The molecule has 0 unspecified atom stereocenters. The lowest BCUT2D eigenvalue weighted by molar-refractivity contribution is -0.127. The van der Waals surface area contributed by atoms with Crippen LogP contribution in [0.1, 0.15) is 37.9 Å². The van der Waals surface area contributed by atoms with Crippen LogP contribution in [0.4, 0.5) is 11.5 Å². The first-order valence-corrected chi connectivity index (χ1v) is 14.5. The van der Waals surface area contributed by atoms with Gasteiger partial charge in [0.05, 0.1) is 17.8 Å². The van der Waals surface area contributed by atoms with E-state index in [1.807, 2.05) is 4.90 Å². The number of anilines is 2. The molecular formula is C32H42N6O2S. The summed E-state index contributed by atoms with van der Waals surface area (Å²) >= 11 is 0. The summed E-state index contributed by atoms with van der Waals surface area (Å²) in [6.45, 7) is 13.3. The highest BCUT2D eigenvalue weighted by Crippen LogP contribution is 2.37. The van der Waals surface area contributed by atoms with E-state index in [4.69, 9.17) is 14.7 Å². The van der Waals surface area contributed by atoms with Gasteiger partial charge in [-0.3, -0.25) is 4.79 Å². The average Bonchev–Trinajstić information content (AvgIpc) is 3.38. The quantitative estimate of drug-likeness (QED) is 0.405. The molecule has 6 rings (SSSR count). The second-order valence-corrected chi connectivity index (χ2v) is 11.9. The molecule has 218 valence electrons. The molecule has 8 nitrogen and oxygen atoms in total. The maximum absolute atomic E-state index is 12.4. The summed E-state index contributed by atoms with van der Waals surface area (Å²) in [6.07, 6.45) is 4.59. The van der Waals surface area contributed by atoms with Gasteiger partial charge in [-0.2, -0.15) is 23.5 Å². The topological polar surface area (TPSA) is 65.0 Å². The van der Waals surface area contributed by atoms with Crippen LogP contribution >= 0.6 is 13.5 Å². The van der Waals surface area contributed by atoms with Gasteiger partial charge in [0.1, 0.15) is 12.4 Å². The van der Waals surface area contributed by atoms with Crippen molar-refractivity contribution in [3.63, 3.8) is 0 Å². The zero-order valence-electron chi connectivity index (χ0n) is 24.5. The normalized spacial score (nSPS) is 20.5. The summed E-state index contributed by atoms with van der Waals surface area (Å²) in [5.41, 5.74) is 3.16. The number of fused-ring (bicyclic) bond motifs is 2. The first-order chi connectivity index (χ1) is 19.3. The third-order valence-corrected chi connectivity index (χ3v) is 8.85. The third-order valence-electron chi connectivity index (χ3n) is 8.85. The fraction of sp³-hybridized carbons (Fsp3) is 0.469. The highest BCUT2D eigenvalue weighted by atomic mass is 32.1. The molecule has 3 aliphatic heterocycles. The van der Waals surface area contributed by atoms with Crippen molar-refractivity contribution in [3.05, 3.63) is 66.4 Å². The lowest BCUT2D eigenvalue weighted by Crippen LogP contribution is -2.61. The van der Waals surface area contributed by atoms with Crippen LogP contribution in [0.25, 0.3) is 10.8 Å². The smallest absolute Gasteiger partial charge is 0.318 e. The summed E-state index contributed by atoms with van der Waals surface area (Å²) in [6, 6.07) is 15.9. The SMILES string of the molecule is C=CC(=O)N1CCN(c2nc(OC[C@@H]3CCCN3C)nc3c2CCN(c2cccc4ccccc24)C3)C(C)(C)C1.S. The van der Waals surface area contributed by atoms with E-state index in [1.165, 1.54) is 34.5 Å². The number of benzene rings is 2. The Bertz CT molecular complexity index is 1420. The molecule has 9 heteroatoms. The van der Waals surface area contributed by atoms with Crippen molar-refractivity contribution in [2.24, 2.45) is 0 Å². The van der Waals surface area contributed by atoms with E-state index in [0.717, 1.165) is 37.4 Å². The maximum Gasteiger partial charge on any atom is 0.318 e. The minimum Gasteiger partial charge on any atom is -0.462 e. The molecule has 4 heterocycles. The highest BCUT2D eigenvalue weighted by Gasteiger charge is 2.38. The zero-order chi connectivity index (χ0) is 27.9. The molecule has 0 spiro atoms. The highest BCUT2D eigenvalue weighted by molar-refractivity contribution is 7.59. The largest absolute Gasteiger partial charge is 0.462 e. The van der Waals surface area contributed by atoms with Gasteiger partial charge in [-0.15, -0.1) is 0 Å². The molecule has 3 aliphatic rings. The molecule has 0 saturated carbocycles. The number of carbonyl (C=O) groups is 1. The number of carbonyl (C=O) groups excluding carboxylic acids is 1. The van der Waals surface area contributed by atoms with Gasteiger partial charge in [-0.1, -0.05) is 43.0 Å². The van der Waals surface area contributed by atoms with Crippen molar-refractivity contribution in [2.75, 3.05) is 56.2 Å². The summed E-state index contributed by atoms with van der Waals surface area (Å²) in [5, 5.41) is 2.50. The van der Waals surface area contributed by atoms with Crippen molar-refractivity contribution in [3.8, 4) is 6.01 Å². The minimum absolute atomic E-state index is 0. The number of rotatable bonds is 6. The van der Waals surface area contributed by atoms with Crippen LogP contribution in [0.5, 0.6) is 6.01 Å². The van der Waals surface area contributed by atoms with Crippen LogP contribution in [-0.2, 0) is 17.8 Å². The Morgan fingerprint density at radius 3 is 2.66 bits per heavy atom. The molecule has 2 fully saturated rings. The summed E-state index contributed by atoms with van der Waals surface area (Å²) < 4.78 is 6.33. The fourth-order valence-electron chi connectivity index (χ4n) is 6.59. The van der Waals surface area contributed by atoms with Gasteiger partial charge < -0.3 is 24.3 Å². The van der Waals surface area contributed by atoms with Gasteiger partial charge in [0.25, 0.3) is 0 Å². The number of ether oxygens (including phenoxy) is 1. The maximum atomic E-state index is 12.4. The molecule has 41 heavy (non-hydrogen) atoms. The van der Waals surface area contributed by atoms with E-state index in [0.29, 0.717) is 44.8 Å². The van der Waals surface area contributed by atoms with Crippen molar-refractivity contribution < 1.29 is 9.53 Å². The van der Waals surface area contributed by atoms with Crippen LogP contribution in [0.2, 0.25) is 0 Å². The van der Waals surface area contributed by atoms with Gasteiger partial charge >= 0.3 is 6.01 Å². The predicted octanol–water partition coefficient (Wildman–Crippen LogP) is 4.39. The summed E-state index contributed by atoms with van der Waals surface area (Å²) in [5.74, 6) is 0.931. The molecule has 2 aromatic carbocycles. The number of piperazine rings is 1. The number of nitrogens with zero attached hydrogens (tertiary/aromatic N) is 6. The van der Waals surface area contributed by atoms with Gasteiger partial charge in [-0.05, 0) is 64.2 Å². The Morgan fingerprint density at radius 1 is 1.10 bits per heavy atom. The number of likely N-dealkylation sites (N-methyl/N-ethyl adjacent to an activating group) is 1. The molecule has 0 radical (unpaired) electrons. The molecule has 0 bridgehead atoms. The molecule has 1 amide bonds. The Morgan fingerprint density at radius 2 is 1.90 bits per heavy atom. The number of amides is 1. The van der Waals surface area contributed by atoms with Gasteiger partial charge in [0, 0.05) is 48.9 Å². The molecule has 3 aromatic rings. The first-order valence-electron chi connectivity index (χ1n) is 14.5. The second-order valence-electron chi connectivity index (χ2n) is 11.9. The minimum atomic E-state index is -0.297. The molecule has 1 atom stereocenters. The first kappa shape index (κ1) is 29.2.